The van der Waals surface area contributed by atoms with Gasteiger partial charge in [0.15, 0.2) is 0 Å². The average Bonchev–Trinajstić information content (AvgIpc) is 2.46. The van der Waals surface area contributed by atoms with Crippen molar-refractivity contribution >= 4 is 11.6 Å². The van der Waals surface area contributed by atoms with E-state index in [1.165, 1.54) is 5.56 Å². The Balaban J connectivity index is 2.10. The van der Waals surface area contributed by atoms with Gasteiger partial charge in [-0.2, -0.15) is 0 Å². The second kappa shape index (κ2) is 6.60. The van der Waals surface area contributed by atoms with Crippen LogP contribution in [0.5, 0.6) is 5.75 Å². The minimum Gasteiger partial charge on any atom is -0.489 e. The van der Waals surface area contributed by atoms with Gasteiger partial charge in [0.1, 0.15) is 12.4 Å². The van der Waals surface area contributed by atoms with Crippen molar-refractivity contribution < 1.29 is 4.74 Å². The minimum absolute atomic E-state index is 0.473. The van der Waals surface area contributed by atoms with Crippen LogP contribution in [0.15, 0.2) is 42.5 Å². The number of aryl methyl sites for hydroxylation is 1. The van der Waals surface area contributed by atoms with E-state index >= 15 is 0 Å². The van der Waals surface area contributed by atoms with Crippen LogP contribution in [0.2, 0.25) is 5.02 Å². The number of hydrogen-bond acceptors (Lipinski definition) is 2. The van der Waals surface area contributed by atoms with Gasteiger partial charge in [0.05, 0.1) is 0 Å². The topological polar surface area (TPSA) is 35.2 Å². The van der Waals surface area contributed by atoms with Crippen LogP contribution in [0, 0.1) is 0 Å². The smallest absolute Gasteiger partial charge is 0.122 e. The second-order valence-electron chi connectivity index (χ2n) is 4.38. The molecule has 0 atom stereocenters. The first kappa shape index (κ1) is 13.9. The number of nitrogens with two attached hydrogens (primary N) is 1. The lowest BCUT2D eigenvalue weighted by Gasteiger charge is -2.11. The molecular formula is C16H18ClNO. The maximum atomic E-state index is 6.21. The summed E-state index contributed by atoms with van der Waals surface area (Å²) in [6.07, 6.45) is 0.954. The van der Waals surface area contributed by atoms with Crippen LogP contribution in [0.25, 0.3) is 0 Å². The first-order chi connectivity index (χ1) is 9.24. The highest BCUT2D eigenvalue weighted by atomic mass is 35.5. The highest BCUT2D eigenvalue weighted by Crippen LogP contribution is 2.23. The molecule has 2 aromatic carbocycles. The second-order valence-corrected chi connectivity index (χ2v) is 4.79. The fourth-order valence-corrected chi connectivity index (χ4v) is 2.18. The Labute approximate surface area is 119 Å². The maximum absolute atomic E-state index is 6.21. The highest BCUT2D eigenvalue weighted by molar-refractivity contribution is 6.31. The summed E-state index contributed by atoms with van der Waals surface area (Å²) in [5, 5.41) is 0.705. The summed E-state index contributed by atoms with van der Waals surface area (Å²) in [5.41, 5.74) is 8.79. The van der Waals surface area contributed by atoms with Gasteiger partial charge in [-0.25, -0.2) is 0 Å². The van der Waals surface area contributed by atoms with Crippen LogP contribution in [0.3, 0.4) is 0 Å². The maximum Gasteiger partial charge on any atom is 0.122 e. The summed E-state index contributed by atoms with van der Waals surface area (Å²) in [6, 6.07) is 13.9. The largest absolute Gasteiger partial charge is 0.489 e. The first-order valence-electron chi connectivity index (χ1n) is 6.42. The van der Waals surface area contributed by atoms with Gasteiger partial charge in [-0.1, -0.05) is 48.9 Å². The molecule has 19 heavy (non-hydrogen) atoms. The summed E-state index contributed by atoms with van der Waals surface area (Å²) in [7, 11) is 0. The van der Waals surface area contributed by atoms with Crippen LogP contribution < -0.4 is 10.5 Å². The van der Waals surface area contributed by atoms with E-state index in [4.69, 9.17) is 22.1 Å². The third-order valence-electron chi connectivity index (χ3n) is 3.09. The number of benzene rings is 2. The lowest BCUT2D eigenvalue weighted by molar-refractivity contribution is 0.303. The van der Waals surface area contributed by atoms with Crippen molar-refractivity contribution in [2.45, 2.75) is 26.5 Å². The normalized spacial score (nSPS) is 10.5. The molecule has 0 aliphatic carbocycles. The van der Waals surface area contributed by atoms with E-state index in [0.717, 1.165) is 23.3 Å². The Morgan fingerprint density at radius 1 is 1.11 bits per heavy atom. The van der Waals surface area contributed by atoms with Gasteiger partial charge in [-0.15, -0.1) is 0 Å². The fourth-order valence-electron chi connectivity index (χ4n) is 1.93. The summed E-state index contributed by atoms with van der Waals surface area (Å²) in [6.45, 7) is 3.09. The van der Waals surface area contributed by atoms with Crippen molar-refractivity contribution in [2.24, 2.45) is 5.73 Å². The molecule has 100 valence electrons. The summed E-state index contributed by atoms with van der Waals surface area (Å²) >= 11 is 6.21. The van der Waals surface area contributed by atoms with Crippen LogP contribution in [0.1, 0.15) is 23.6 Å². The number of halogens is 1. The molecule has 0 amide bonds. The molecule has 3 heteroatoms. The predicted molar refractivity (Wildman–Crippen MR) is 79.5 cm³/mol. The van der Waals surface area contributed by atoms with Crippen molar-refractivity contribution in [1.29, 1.82) is 0 Å². The van der Waals surface area contributed by atoms with Crippen LogP contribution in [0.4, 0.5) is 0 Å². The van der Waals surface area contributed by atoms with E-state index in [-0.39, 0.29) is 0 Å². The molecule has 2 N–H and O–H groups in total. The van der Waals surface area contributed by atoms with Gasteiger partial charge < -0.3 is 10.5 Å². The molecule has 2 aromatic rings. The summed E-state index contributed by atoms with van der Waals surface area (Å²) < 4.78 is 5.85. The fraction of sp³-hybridized carbons (Fsp3) is 0.250. The molecule has 0 heterocycles. The molecule has 0 radical (unpaired) electrons. The average molecular weight is 276 g/mol. The van der Waals surface area contributed by atoms with Gasteiger partial charge >= 0.3 is 0 Å². The Kier molecular flexibility index (Phi) is 4.83. The van der Waals surface area contributed by atoms with Crippen LogP contribution in [-0.4, -0.2) is 0 Å². The predicted octanol–water partition coefficient (Wildman–Crippen LogP) is 3.94. The lowest BCUT2D eigenvalue weighted by Crippen LogP contribution is -2.01. The Bertz CT molecular complexity index is 554. The van der Waals surface area contributed by atoms with E-state index in [2.05, 4.69) is 13.0 Å². The lowest BCUT2D eigenvalue weighted by atomic mass is 10.1. The van der Waals surface area contributed by atoms with Gasteiger partial charge in [-0.05, 0) is 29.7 Å². The molecule has 0 saturated carbocycles. The number of ether oxygens (including phenoxy) is 1. The third-order valence-corrected chi connectivity index (χ3v) is 3.44. The zero-order valence-corrected chi connectivity index (χ0v) is 11.8. The molecule has 0 saturated heterocycles. The minimum atomic E-state index is 0.473. The summed E-state index contributed by atoms with van der Waals surface area (Å²) in [4.78, 5) is 0. The Morgan fingerprint density at radius 2 is 1.89 bits per heavy atom. The van der Waals surface area contributed by atoms with Gasteiger partial charge in [0, 0.05) is 17.1 Å². The van der Waals surface area contributed by atoms with E-state index in [0.29, 0.717) is 18.2 Å². The van der Waals surface area contributed by atoms with E-state index in [9.17, 15) is 0 Å². The zero-order chi connectivity index (χ0) is 13.7. The van der Waals surface area contributed by atoms with E-state index < -0.39 is 0 Å². The molecule has 0 aromatic heterocycles. The van der Waals surface area contributed by atoms with E-state index in [1.54, 1.807) is 0 Å². The molecular weight excluding hydrogens is 258 g/mol. The first-order valence-corrected chi connectivity index (χ1v) is 6.80. The number of hydrogen-bond donors (Lipinski definition) is 1. The quantitative estimate of drug-likeness (QED) is 0.897. The number of rotatable bonds is 5. The van der Waals surface area contributed by atoms with E-state index in [1.807, 2.05) is 36.4 Å². The molecule has 0 fully saturated rings. The molecule has 0 unspecified atom stereocenters. The van der Waals surface area contributed by atoms with Crippen molar-refractivity contribution in [3.05, 3.63) is 64.2 Å². The van der Waals surface area contributed by atoms with Crippen molar-refractivity contribution in [1.82, 2.24) is 0 Å². The standard InChI is InChI=1S/C16H18ClNO/c1-2-13-5-3-4-6-16(13)19-11-14-8-7-12(10-18)9-15(14)17/h3-9H,2,10-11,18H2,1H3. The Hall–Kier alpha value is -1.51. The number of para-hydroxylation sites is 1. The monoisotopic (exact) mass is 275 g/mol. The SMILES string of the molecule is CCc1ccccc1OCc1ccc(CN)cc1Cl. The molecule has 2 rings (SSSR count). The third kappa shape index (κ3) is 3.49. The highest BCUT2D eigenvalue weighted by Gasteiger charge is 2.05. The molecule has 0 aliphatic rings. The van der Waals surface area contributed by atoms with Gasteiger partial charge in [0.25, 0.3) is 0 Å². The molecule has 2 nitrogen and oxygen atoms in total. The Morgan fingerprint density at radius 3 is 2.58 bits per heavy atom. The zero-order valence-electron chi connectivity index (χ0n) is 11.0. The van der Waals surface area contributed by atoms with Gasteiger partial charge in [0.2, 0.25) is 0 Å². The molecule has 0 aliphatic heterocycles. The van der Waals surface area contributed by atoms with Crippen molar-refractivity contribution in [3.8, 4) is 5.75 Å². The molecule has 0 bridgehead atoms. The van der Waals surface area contributed by atoms with Crippen LogP contribution in [-0.2, 0) is 19.6 Å². The molecule has 0 spiro atoms. The summed E-state index contributed by atoms with van der Waals surface area (Å²) in [5.74, 6) is 0.920. The van der Waals surface area contributed by atoms with Crippen molar-refractivity contribution in [3.63, 3.8) is 0 Å². The van der Waals surface area contributed by atoms with Crippen LogP contribution >= 0.6 is 11.6 Å². The van der Waals surface area contributed by atoms with Crippen molar-refractivity contribution in [2.75, 3.05) is 0 Å². The van der Waals surface area contributed by atoms with Gasteiger partial charge in [-0.3, -0.25) is 0 Å².